The minimum atomic E-state index is -3.24. The number of rotatable bonds is 7. The van der Waals surface area contributed by atoms with Gasteiger partial charge >= 0.3 is 0 Å². The van der Waals surface area contributed by atoms with Crippen LogP contribution in [0.5, 0.6) is 0 Å². The summed E-state index contributed by atoms with van der Waals surface area (Å²) in [7, 11) is -3.24. The molecule has 0 radical (unpaired) electrons. The van der Waals surface area contributed by atoms with Crippen LogP contribution in [0.3, 0.4) is 0 Å². The minimum absolute atomic E-state index is 0.162. The van der Waals surface area contributed by atoms with Gasteiger partial charge in [0.15, 0.2) is 15.7 Å². The highest BCUT2D eigenvalue weighted by Gasteiger charge is 2.12. The molecule has 4 rings (SSSR count). The van der Waals surface area contributed by atoms with Gasteiger partial charge in [0.2, 0.25) is 0 Å². The fraction of sp³-hybridized carbons (Fsp3) is 0.208. The lowest BCUT2D eigenvalue weighted by atomic mass is 10.0. The summed E-state index contributed by atoms with van der Waals surface area (Å²) >= 11 is 0. The fourth-order valence-corrected chi connectivity index (χ4v) is 4.20. The molecule has 0 bridgehead atoms. The molecule has 160 valence electrons. The normalized spacial score (nSPS) is 11.8. The van der Waals surface area contributed by atoms with Gasteiger partial charge in [-0.1, -0.05) is 36.4 Å². The number of aromatic nitrogens is 2. The Morgan fingerprint density at radius 2 is 1.55 bits per heavy atom. The van der Waals surface area contributed by atoms with Crippen LogP contribution < -0.4 is 0 Å². The molecule has 2 aromatic heterocycles. The number of halogens is 1. The first-order chi connectivity index (χ1) is 14.8. The third-order valence-corrected chi connectivity index (χ3v) is 6.37. The zero-order valence-electron chi connectivity index (χ0n) is 17.1. The molecule has 31 heavy (non-hydrogen) atoms. The molecular formula is C24H23FN2O3S. The number of aryl methyl sites for hydroxylation is 1. The van der Waals surface area contributed by atoms with Crippen molar-refractivity contribution in [3.8, 4) is 22.4 Å². The smallest absolute Gasteiger partial charge is 0.175 e. The Morgan fingerprint density at radius 1 is 0.935 bits per heavy atom. The number of H-pyrrole nitrogens is 1. The average Bonchev–Trinajstić information content (AvgIpc) is 3.14. The van der Waals surface area contributed by atoms with Crippen LogP contribution in [0.1, 0.15) is 18.5 Å². The minimum Gasteiger partial charge on any atom is -0.396 e. The summed E-state index contributed by atoms with van der Waals surface area (Å²) in [6.45, 7) is 0.162. The lowest BCUT2D eigenvalue weighted by Gasteiger charge is -2.07. The maximum atomic E-state index is 14.7. The Kier molecular flexibility index (Phi) is 5.89. The summed E-state index contributed by atoms with van der Waals surface area (Å²) in [5, 5.41) is 8.92. The van der Waals surface area contributed by atoms with Crippen molar-refractivity contribution < 1.29 is 17.9 Å². The van der Waals surface area contributed by atoms with E-state index in [1.54, 1.807) is 24.3 Å². The van der Waals surface area contributed by atoms with Crippen molar-refractivity contribution in [2.75, 3.05) is 12.9 Å². The number of sulfone groups is 1. The van der Waals surface area contributed by atoms with Gasteiger partial charge in [0.1, 0.15) is 5.69 Å². The molecule has 0 saturated carbocycles. The van der Waals surface area contributed by atoms with Crippen molar-refractivity contribution in [2.24, 2.45) is 0 Å². The van der Waals surface area contributed by atoms with Gasteiger partial charge in [0.25, 0.3) is 0 Å². The third kappa shape index (κ3) is 4.68. The van der Waals surface area contributed by atoms with E-state index >= 15 is 0 Å². The van der Waals surface area contributed by atoms with E-state index in [2.05, 4.69) is 9.97 Å². The summed E-state index contributed by atoms with van der Waals surface area (Å²) in [6.07, 6.45) is 3.54. The van der Waals surface area contributed by atoms with Crippen LogP contribution in [0, 0.1) is 5.82 Å². The number of fused-ring (bicyclic) bond motifs is 1. The highest BCUT2D eigenvalue weighted by molar-refractivity contribution is 7.90. The highest BCUT2D eigenvalue weighted by atomic mass is 32.2. The van der Waals surface area contributed by atoms with Crippen LogP contribution in [0.2, 0.25) is 0 Å². The number of unbranched alkanes of at least 4 members (excludes halogenated alkanes) is 1. The molecule has 0 atom stereocenters. The van der Waals surface area contributed by atoms with Gasteiger partial charge in [-0.05, 0) is 48.6 Å². The summed E-state index contributed by atoms with van der Waals surface area (Å²) in [5.41, 5.74) is 5.06. The maximum absolute atomic E-state index is 14.7. The van der Waals surface area contributed by atoms with Gasteiger partial charge in [0.05, 0.1) is 15.9 Å². The van der Waals surface area contributed by atoms with Crippen molar-refractivity contribution in [1.82, 2.24) is 9.97 Å². The monoisotopic (exact) mass is 438 g/mol. The molecule has 0 fully saturated rings. The molecule has 0 saturated heterocycles. The van der Waals surface area contributed by atoms with Gasteiger partial charge in [-0.3, -0.25) is 0 Å². The molecule has 2 N–H and O–H groups in total. The van der Waals surface area contributed by atoms with Crippen LogP contribution in [0.15, 0.2) is 65.6 Å². The summed E-state index contributed by atoms with van der Waals surface area (Å²) < 4.78 is 38.0. The first kappa shape index (κ1) is 21.2. The van der Waals surface area contributed by atoms with Crippen LogP contribution in [-0.4, -0.2) is 36.4 Å². The van der Waals surface area contributed by atoms with E-state index in [9.17, 15) is 12.8 Å². The van der Waals surface area contributed by atoms with E-state index in [1.165, 1.54) is 12.3 Å². The van der Waals surface area contributed by atoms with Crippen molar-refractivity contribution in [2.45, 2.75) is 24.2 Å². The number of benzene rings is 2. The molecule has 4 aromatic rings. The lowest BCUT2D eigenvalue weighted by molar-refractivity contribution is 0.284. The van der Waals surface area contributed by atoms with E-state index < -0.39 is 15.7 Å². The number of nitrogens with one attached hydrogen (secondary N) is 1. The number of hydrogen-bond donors (Lipinski definition) is 2. The molecule has 0 aliphatic rings. The molecule has 0 aliphatic carbocycles. The number of nitrogens with zero attached hydrogens (tertiary/aromatic N) is 1. The lowest BCUT2D eigenvalue weighted by Crippen LogP contribution is -1.96. The average molecular weight is 439 g/mol. The standard InChI is InChI=1S/C24H23FN2O3S/c1-31(29,30)20-11-9-17(10-12-20)16-5-7-18(8-6-16)24-21(25)15-23-22(27-24)14-19(26-23)4-2-3-13-28/h5-12,14-15,26,28H,2-4,13H2,1H3. The predicted octanol–water partition coefficient (Wildman–Crippen LogP) is 4.75. The number of aliphatic hydroxyl groups is 1. The SMILES string of the molecule is CS(=O)(=O)c1ccc(-c2ccc(-c3nc4cc(CCCCO)[nH]c4cc3F)cc2)cc1. The van der Waals surface area contributed by atoms with Gasteiger partial charge in [-0.25, -0.2) is 17.8 Å². The Morgan fingerprint density at radius 3 is 2.16 bits per heavy atom. The molecule has 0 unspecified atom stereocenters. The van der Waals surface area contributed by atoms with Crippen LogP contribution in [0.25, 0.3) is 33.4 Å². The van der Waals surface area contributed by atoms with E-state index in [1.807, 2.05) is 30.3 Å². The van der Waals surface area contributed by atoms with E-state index in [0.717, 1.165) is 36.1 Å². The number of aromatic amines is 1. The number of aliphatic hydroxyl groups excluding tert-OH is 1. The van der Waals surface area contributed by atoms with Crippen LogP contribution in [-0.2, 0) is 16.3 Å². The zero-order valence-corrected chi connectivity index (χ0v) is 17.9. The first-order valence-corrected chi connectivity index (χ1v) is 11.9. The van der Waals surface area contributed by atoms with Crippen molar-refractivity contribution >= 4 is 20.9 Å². The second kappa shape index (κ2) is 8.61. The Hall–Kier alpha value is -3.03. The van der Waals surface area contributed by atoms with Crippen LogP contribution >= 0.6 is 0 Å². The number of hydrogen-bond acceptors (Lipinski definition) is 4. The second-order valence-corrected chi connectivity index (χ2v) is 9.62. The Bertz CT molecular complexity index is 1310. The van der Waals surface area contributed by atoms with Crippen molar-refractivity contribution in [1.29, 1.82) is 0 Å². The van der Waals surface area contributed by atoms with Gasteiger partial charge < -0.3 is 10.1 Å². The molecular weight excluding hydrogens is 415 g/mol. The largest absolute Gasteiger partial charge is 0.396 e. The molecule has 5 nitrogen and oxygen atoms in total. The van der Waals surface area contributed by atoms with Crippen molar-refractivity contribution in [3.05, 3.63) is 72.2 Å². The summed E-state index contributed by atoms with van der Waals surface area (Å²) in [5.74, 6) is -0.401. The molecule has 0 amide bonds. The predicted molar refractivity (Wildman–Crippen MR) is 120 cm³/mol. The fourth-order valence-electron chi connectivity index (χ4n) is 3.57. The van der Waals surface area contributed by atoms with Gasteiger partial charge in [-0.2, -0.15) is 0 Å². The molecule has 0 spiro atoms. The maximum Gasteiger partial charge on any atom is 0.175 e. The first-order valence-electron chi connectivity index (χ1n) is 10.0. The topological polar surface area (TPSA) is 83.1 Å². The van der Waals surface area contributed by atoms with E-state index in [-0.39, 0.29) is 17.2 Å². The van der Waals surface area contributed by atoms with Crippen LogP contribution in [0.4, 0.5) is 4.39 Å². The van der Waals surface area contributed by atoms with E-state index in [4.69, 9.17) is 5.11 Å². The summed E-state index contributed by atoms with van der Waals surface area (Å²) in [4.78, 5) is 7.98. The third-order valence-electron chi connectivity index (χ3n) is 5.24. The van der Waals surface area contributed by atoms with Gasteiger partial charge in [-0.15, -0.1) is 0 Å². The molecule has 2 heterocycles. The Labute approximate surface area is 180 Å². The zero-order chi connectivity index (χ0) is 22.0. The molecule has 0 aliphatic heterocycles. The second-order valence-electron chi connectivity index (χ2n) is 7.60. The van der Waals surface area contributed by atoms with E-state index in [0.29, 0.717) is 16.6 Å². The molecule has 2 aromatic carbocycles. The Balaban J connectivity index is 1.60. The molecule has 7 heteroatoms. The van der Waals surface area contributed by atoms with Crippen molar-refractivity contribution in [3.63, 3.8) is 0 Å². The highest BCUT2D eigenvalue weighted by Crippen LogP contribution is 2.28. The van der Waals surface area contributed by atoms with Gasteiger partial charge in [0, 0.05) is 30.2 Å². The number of pyridine rings is 1. The quantitative estimate of drug-likeness (QED) is 0.408. The summed E-state index contributed by atoms with van der Waals surface area (Å²) in [6, 6.07) is 17.4.